The first-order valence-electron chi connectivity index (χ1n) is 10.6. The van der Waals surface area contributed by atoms with E-state index in [0.717, 1.165) is 17.7 Å². The second-order valence-electron chi connectivity index (χ2n) is 7.80. The molecule has 3 aromatic rings. The zero-order valence-corrected chi connectivity index (χ0v) is 18.1. The summed E-state index contributed by atoms with van der Waals surface area (Å²) in [4.78, 5) is 22.4. The van der Waals surface area contributed by atoms with Crippen molar-refractivity contribution in [3.63, 3.8) is 0 Å². The number of rotatable bonds is 7. The number of aromatic nitrogens is 2. The highest BCUT2D eigenvalue weighted by Crippen LogP contribution is 2.33. The van der Waals surface area contributed by atoms with Crippen LogP contribution in [0, 0.1) is 17.2 Å². The SMILES string of the molecule is C=C(C#N)C(=O)N1CC[C@H](CNc2ncnc(N)c2-c2ccc(Oc3ccccc3)cc2)C1. The molecule has 166 valence electrons. The first-order valence-corrected chi connectivity index (χ1v) is 10.6. The lowest BCUT2D eigenvalue weighted by Gasteiger charge is -2.17. The summed E-state index contributed by atoms with van der Waals surface area (Å²) in [6, 6.07) is 19.0. The second-order valence-corrected chi connectivity index (χ2v) is 7.80. The molecule has 4 rings (SSSR count). The third-order valence-corrected chi connectivity index (χ3v) is 5.52. The Bertz CT molecular complexity index is 1190. The average molecular weight is 441 g/mol. The molecule has 0 radical (unpaired) electrons. The van der Waals surface area contributed by atoms with Crippen LogP contribution in [0.2, 0.25) is 0 Å². The van der Waals surface area contributed by atoms with Crippen molar-refractivity contribution in [3.05, 3.63) is 73.1 Å². The smallest absolute Gasteiger partial charge is 0.263 e. The molecule has 8 nitrogen and oxygen atoms in total. The number of carbonyl (C=O) groups excluding carboxylic acids is 1. The summed E-state index contributed by atoms with van der Waals surface area (Å²) in [6.07, 6.45) is 2.26. The van der Waals surface area contributed by atoms with Gasteiger partial charge in [0, 0.05) is 19.6 Å². The van der Waals surface area contributed by atoms with Crippen molar-refractivity contribution in [2.45, 2.75) is 6.42 Å². The normalized spacial score (nSPS) is 15.0. The van der Waals surface area contributed by atoms with Crippen molar-refractivity contribution in [3.8, 4) is 28.7 Å². The maximum absolute atomic E-state index is 12.2. The molecular formula is C25H24N6O2. The molecule has 0 aliphatic carbocycles. The molecule has 0 saturated carbocycles. The fourth-order valence-electron chi connectivity index (χ4n) is 3.80. The summed E-state index contributed by atoms with van der Waals surface area (Å²) in [6.45, 7) is 5.29. The topological polar surface area (TPSA) is 117 Å². The molecule has 2 heterocycles. The number of nitriles is 1. The number of benzene rings is 2. The number of para-hydroxylation sites is 1. The molecule has 33 heavy (non-hydrogen) atoms. The fraction of sp³-hybridized carbons (Fsp3) is 0.200. The zero-order valence-electron chi connectivity index (χ0n) is 18.1. The van der Waals surface area contributed by atoms with E-state index in [0.29, 0.717) is 42.6 Å². The average Bonchev–Trinajstić information content (AvgIpc) is 3.32. The minimum Gasteiger partial charge on any atom is -0.457 e. The van der Waals surface area contributed by atoms with Crippen molar-refractivity contribution in [1.29, 1.82) is 5.26 Å². The van der Waals surface area contributed by atoms with Crippen LogP contribution in [0.25, 0.3) is 11.1 Å². The molecule has 1 aliphatic rings. The van der Waals surface area contributed by atoms with Gasteiger partial charge in [0.05, 0.1) is 5.56 Å². The van der Waals surface area contributed by atoms with Gasteiger partial charge in [0.1, 0.15) is 41.1 Å². The first kappa shape index (κ1) is 21.8. The largest absolute Gasteiger partial charge is 0.457 e. The maximum atomic E-state index is 12.2. The van der Waals surface area contributed by atoms with E-state index < -0.39 is 0 Å². The molecule has 2 aromatic carbocycles. The lowest BCUT2D eigenvalue weighted by molar-refractivity contribution is -0.125. The Kier molecular flexibility index (Phi) is 6.51. The van der Waals surface area contributed by atoms with Crippen LogP contribution in [0.4, 0.5) is 11.6 Å². The van der Waals surface area contributed by atoms with Gasteiger partial charge >= 0.3 is 0 Å². The summed E-state index contributed by atoms with van der Waals surface area (Å²) in [5.74, 6) is 2.40. The Hall–Kier alpha value is -4.38. The molecule has 1 atom stereocenters. The predicted molar refractivity (Wildman–Crippen MR) is 126 cm³/mol. The third-order valence-electron chi connectivity index (χ3n) is 5.52. The van der Waals surface area contributed by atoms with Gasteiger partial charge in [-0.3, -0.25) is 4.79 Å². The van der Waals surface area contributed by atoms with Crippen LogP contribution in [0.15, 0.2) is 73.1 Å². The molecule has 1 saturated heterocycles. The van der Waals surface area contributed by atoms with Crippen LogP contribution in [0.3, 0.4) is 0 Å². The molecule has 1 aliphatic heterocycles. The lowest BCUT2D eigenvalue weighted by Crippen LogP contribution is -2.30. The van der Waals surface area contributed by atoms with E-state index in [1.54, 1.807) is 4.90 Å². The van der Waals surface area contributed by atoms with E-state index >= 15 is 0 Å². The number of anilines is 2. The van der Waals surface area contributed by atoms with Crippen molar-refractivity contribution >= 4 is 17.5 Å². The molecule has 8 heteroatoms. The highest BCUT2D eigenvalue weighted by atomic mass is 16.5. The molecule has 1 fully saturated rings. The van der Waals surface area contributed by atoms with E-state index in [4.69, 9.17) is 15.7 Å². The zero-order chi connectivity index (χ0) is 23.2. The number of ether oxygens (including phenoxy) is 1. The van der Waals surface area contributed by atoms with Gasteiger partial charge in [0.2, 0.25) is 0 Å². The van der Waals surface area contributed by atoms with Crippen molar-refractivity contribution in [1.82, 2.24) is 14.9 Å². The number of carbonyl (C=O) groups is 1. The number of likely N-dealkylation sites (tertiary alicyclic amines) is 1. The van der Waals surface area contributed by atoms with E-state index in [9.17, 15) is 4.79 Å². The lowest BCUT2D eigenvalue weighted by atomic mass is 10.1. The Balaban J connectivity index is 1.44. The number of hydrogen-bond acceptors (Lipinski definition) is 7. The summed E-state index contributed by atoms with van der Waals surface area (Å²) in [7, 11) is 0. The molecule has 0 bridgehead atoms. The summed E-state index contributed by atoms with van der Waals surface area (Å²) in [5.41, 5.74) is 7.74. The van der Waals surface area contributed by atoms with Crippen LogP contribution >= 0.6 is 0 Å². The monoisotopic (exact) mass is 440 g/mol. The van der Waals surface area contributed by atoms with Gasteiger partial charge in [-0.05, 0) is 42.2 Å². The van der Waals surface area contributed by atoms with E-state index in [-0.39, 0.29) is 17.4 Å². The highest BCUT2D eigenvalue weighted by molar-refractivity contribution is 5.96. The standard InChI is InChI=1S/C25H24N6O2/c1-17(13-26)25(32)31-12-11-18(15-31)14-28-24-22(23(27)29-16-30-24)19-7-9-21(10-8-19)33-20-5-3-2-4-6-20/h2-10,16,18H,1,11-12,14-15H2,(H3,27,28,29,30)/t18-/m1/s1. The summed E-state index contributed by atoms with van der Waals surface area (Å²) in [5, 5.41) is 12.3. The Morgan fingerprint density at radius 1 is 1.18 bits per heavy atom. The molecular weight excluding hydrogens is 416 g/mol. The minimum absolute atomic E-state index is 0.0332. The molecule has 0 spiro atoms. The number of amides is 1. The van der Waals surface area contributed by atoms with Gasteiger partial charge in [-0.15, -0.1) is 0 Å². The van der Waals surface area contributed by atoms with E-state index in [2.05, 4.69) is 21.9 Å². The fourth-order valence-corrected chi connectivity index (χ4v) is 3.80. The van der Waals surface area contributed by atoms with Crippen molar-refractivity contribution in [2.24, 2.45) is 5.92 Å². The Labute approximate surface area is 192 Å². The summed E-state index contributed by atoms with van der Waals surface area (Å²) < 4.78 is 5.86. The van der Waals surface area contributed by atoms with Gasteiger partial charge < -0.3 is 20.7 Å². The van der Waals surface area contributed by atoms with Gasteiger partial charge in [-0.25, -0.2) is 9.97 Å². The van der Waals surface area contributed by atoms with Crippen LogP contribution in [-0.4, -0.2) is 40.4 Å². The molecule has 3 N–H and O–H groups in total. The van der Waals surface area contributed by atoms with Crippen LogP contribution in [0.1, 0.15) is 6.42 Å². The van der Waals surface area contributed by atoms with Crippen LogP contribution in [-0.2, 0) is 4.79 Å². The second kappa shape index (κ2) is 9.83. The minimum atomic E-state index is -0.301. The molecule has 0 unspecified atom stereocenters. The van der Waals surface area contributed by atoms with Crippen molar-refractivity contribution < 1.29 is 9.53 Å². The Morgan fingerprint density at radius 3 is 2.64 bits per heavy atom. The molecule has 1 aromatic heterocycles. The number of nitrogens with zero attached hydrogens (tertiary/aromatic N) is 4. The van der Waals surface area contributed by atoms with Gasteiger partial charge in [-0.1, -0.05) is 36.9 Å². The number of nitrogens with one attached hydrogen (secondary N) is 1. The first-order chi connectivity index (χ1) is 16.0. The summed E-state index contributed by atoms with van der Waals surface area (Å²) >= 11 is 0. The van der Waals surface area contributed by atoms with Gasteiger partial charge in [0.25, 0.3) is 5.91 Å². The number of nitrogens with two attached hydrogens (primary N) is 1. The van der Waals surface area contributed by atoms with E-state index in [1.807, 2.05) is 60.7 Å². The third kappa shape index (κ3) is 5.10. The predicted octanol–water partition coefficient (Wildman–Crippen LogP) is 3.86. The van der Waals surface area contributed by atoms with E-state index in [1.165, 1.54) is 6.33 Å². The highest BCUT2D eigenvalue weighted by Gasteiger charge is 2.27. The van der Waals surface area contributed by atoms with Gasteiger partial charge in [0.15, 0.2) is 0 Å². The Morgan fingerprint density at radius 2 is 1.91 bits per heavy atom. The van der Waals surface area contributed by atoms with Crippen LogP contribution < -0.4 is 15.8 Å². The molecule has 1 amide bonds. The van der Waals surface area contributed by atoms with Crippen molar-refractivity contribution in [2.75, 3.05) is 30.7 Å². The van der Waals surface area contributed by atoms with Crippen LogP contribution in [0.5, 0.6) is 11.5 Å². The number of nitrogen functional groups attached to an aromatic ring is 1. The number of hydrogen-bond donors (Lipinski definition) is 2. The quantitative estimate of drug-likeness (QED) is 0.423. The maximum Gasteiger partial charge on any atom is 0.263 e. The van der Waals surface area contributed by atoms with Gasteiger partial charge in [-0.2, -0.15) is 5.26 Å².